The average molecular weight is 732 g/mol. The highest BCUT2D eigenvalue weighted by Crippen LogP contribution is 2.47. The molecule has 56 heavy (non-hydrogen) atoms. The number of rotatable bonds is 6. The monoisotopic (exact) mass is 731 g/mol. The van der Waals surface area contributed by atoms with E-state index >= 15 is 0 Å². The summed E-state index contributed by atoms with van der Waals surface area (Å²) < 4.78 is 6.36. The Kier molecular flexibility index (Phi) is 9.12. The van der Waals surface area contributed by atoms with E-state index in [1.807, 2.05) is 6.07 Å². The zero-order valence-electron chi connectivity index (χ0n) is 33.8. The molecule has 1 aromatic heterocycles. The predicted octanol–water partition coefficient (Wildman–Crippen LogP) is 16.2. The Morgan fingerprint density at radius 1 is 0.500 bits per heavy atom. The maximum atomic E-state index is 6.36. The first-order chi connectivity index (χ1) is 27.0. The van der Waals surface area contributed by atoms with Crippen LogP contribution in [0.3, 0.4) is 0 Å². The minimum atomic E-state index is -0.0322. The molecular weight excluding hydrogens is 679 g/mol. The number of nitrogens with zero attached hydrogens (tertiary/aromatic N) is 1. The molecule has 0 bridgehead atoms. The van der Waals surface area contributed by atoms with Crippen LogP contribution in [-0.2, 0) is 10.8 Å². The van der Waals surface area contributed by atoms with Gasteiger partial charge in [-0.1, -0.05) is 158 Å². The molecule has 2 nitrogen and oxygen atoms in total. The van der Waals surface area contributed by atoms with Gasteiger partial charge >= 0.3 is 0 Å². The molecule has 0 aliphatic heterocycles. The van der Waals surface area contributed by atoms with Crippen molar-refractivity contribution < 1.29 is 4.42 Å². The summed E-state index contributed by atoms with van der Waals surface area (Å²) in [7, 11) is 0. The number of para-hydroxylation sites is 2. The summed E-state index contributed by atoms with van der Waals surface area (Å²) in [5, 5.41) is 5.02. The Balaban J connectivity index is 1.28. The second kappa shape index (κ2) is 14.2. The maximum Gasteiger partial charge on any atom is 0.136 e. The number of hydrogen-bond acceptors (Lipinski definition) is 2. The quantitative estimate of drug-likeness (QED) is 0.169. The molecule has 7 aromatic carbocycles. The summed E-state index contributed by atoms with van der Waals surface area (Å²) >= 11 is 0. The molecule has 0 radical (unpaired) electrons. The van der Waals surface area contributed by atoms with E-state index in [1.165, 1.54) is 82.1 Å². The number of benzene rings is 7. The van der Waals surface area contributed by atoms with Crippen LogP contribution < -0.4 is 4.90 Å². The van der Waals surface area contributed by atoms with Crippen LogP contribution in [0.1, 0.15) is 96.3 Å². The van der Waals surface area contributed by atoms with Crippen molar-refractivity contribution in [3.8, 4) is 22.3 Å². The predicted molar refractivity (Wildman–Crippen MR) is 240 cm³/mol. The highest BCUT2D eigenvalue weighted by molar-refractivity contribution is 6.06. The van der Waals surface area contributed by atoms with Gasteiger partial charge in [-0.25, -0.2) is 0 Å². The second-order valence-corrected chi connectivity index (χ2v) is 18.1. The van der Waals surface area contributed by atoms with Gasteiger partial charge in [-0.3, -0.25) is 0 Å². The standard InChI is InChI=1S/C54H53NO/c1-53(2,3)40-33-41(54(4,5)6)35-43(34-40)55(42-22-14-21-38(31-42)39-29-30-47-46-24-11-13-28-50(46)56-51(47)32-39)49-27-12-10-23-45(49)48-26-16-20-37-19-15-25-44(52(37)48)36-17-8-7-9-18-36/h10-16,19-36H,7-9,17-18H2,1-6H3. The Hall–Kier alpha value is -5.60. The molecule has 8 aromatic rings. The van der Waals surface area contributed by atoms with Crippen LogP contribution in [0.2, 0.25) is 0 Å². The zero-order chi connectivity index (χ0) is 38.6. The lowest BCUT2D eigenvalue weighted by Crippen LogP contribution is -2.19. The number of hydrogen-bond donors (Lipinski definition) is 0. The van der Waals surface area contributed by atoms with Crippen molar-refractivity contribution >= 4 is 49.8 Å². The van der Waals surface area contributed by atoms with Crippen LogP contribution in [0.5, 0.6) is 0 Å². The molecule has 280 valence electrons. The lowest BCUT2D eigenvalue weighted by molar-refractivity contribution is 0.445. The van der Waals surface area contributed by atoms with Crippen molar-refractivity contribution in [2.24, 2.45) is 0 Å². The van der Waals surface area contributed by atoms with Crippen molar-refractivity contribution in [2.75, 3.05) is 4.90 Å². The van der Waals surface area contributed by atoms with Crippen LogP contribution >= 0.6 is 0 Å². The normalized spacial score (nSPS) is 14.2. The highest BCUT2D eigenvalue weighted by atomic mass is 16.3. The van der Waals surface area contributed by atoms with E-state index in [2.05, 4.69) is 186 Å². The first kappa shape index (κ1) is 36.1. The Morgan fingerprint density at radius 2 is 1.14 bits per heavy atom. The molecule has 1 fully saturated rings. The van der Waals surface area contributed by atoms with Crippen LogP contribution in [-0.4, -0.2) is 0 Å². The van der Waals surface area contributed by atoms with Crippen LogP contribution in [0.4, 0.5) is 17.1 Å². The van der Waals surface area contributed by atoms with Gasteiger partial charge in [0, 0.05) is 27.7 Å². The van der Waals surface area contributed by atoms with Gasteiger partial charge in [0.1, 0.15) is 11.2 Å². The Morgan fingerprint density at radius 3 is 1.91 bits per heavy atom. The van der Waals surface area contributed by atoms with Gasteiger partial charge in [-0.15, -0.1) is 0 Å². The topological polar surface area (TPSA) is 16.4 Å². The fourth-order valence-corrected chi connectivity index (χ4v) is 9.01. The number of anilines is 3. The fourth-order valence-electron chi connectivity index (χ4n) is 9.01. The van der Waals surface area contributed by atoms with Gasteiger partial charge in [0.25, 0.3) is 0 Å². The van der Waals surface area contributed by atoms with Crippen molar-refractivity contribution in [3.05, 3.63) is 162 Å². The Bertz CT molecular complexity index is 2670. The molecule has 1 heterocycles. The lowest BCUT2D eigenvalue weighted by atomic mass is 9.80. The van der Waals surface area contributed by atoms with Crippen molar-refractivity contribution in [2.45, 2.75) is 90.4 Å². The van der Waals surface area contributed by atoms with Crippen LogP contribution in [0.25, 0.3) is 55.0 Å². The third-order valence-electron chi connectivity index (χ3n) is 12.1. The molecule has 0 unspecified atom stereocenters. The fraction of sp³-hybridized carbons (Fsp3) is 0.259. The minimum absolute atomic E-state index is 0.0322. The summed E-state index contributed by atoms with van der Waals surface area (Å²) in [6, 6.07) is 54.3. The minimum Gasteiger partial charge on any atom is -0.456 e. The highest BCUT2D eigenvalue weighted by Gasteiger charge is 2.26. The van der Waals surface area contributed by atoms with Crippen molar-refractivity contribution in [1.82, 2.24) is 0 Å². The van der Waals surface area contributed by atoms with Gasteiger partial charge in [-0.05, 0) is 122 Å². The first-order valence-electron chi connectivity index (χ1n) is 20.6. The van der Waals surface area contributed by atoms with Gasteiger partial charge in [0.05, 0.1) is 5.69 Å². The molecule has 0 amide bonds. The van der Waals surface area contributed by atoms with E-state index in [9.17, 15) is 0 Å². The second-order valence-electron chi connectivity index (χ2n) is 18.1. The number of furan rings is 1. The summed E-state index contributed by atoms with van der Waals surface area (Å²) in [5.74, 6) is 0.593. The maximum absolute atomic E-state index is 6.36. The molecular formula is C54H53NO. The SMILES string of the molecule is CC(C)(C)c1cc(N(c2cccc(-c3ccc4c(c3)oc3ccccc34)c2)c2ccccc2-c2cccc3cccc(C4CCCCC4)c23)cc(C(C)(C)C)c1. The van der Waals surface area contributed by atoms with E-state index in [0.29, 0.717) is 5.92 Å². The zero-order valence-corrected chi connectivity index (χ0v) is 33.8. The third kappa shape index (κ3) is 6.70. The molecule has 1 aliphatic carbocycles. The van der Waals surface area contributed by atoms with Crippen LogP contribution in [0, 0.1) is 0 Å². The average Bonchev–Trinajstić information content (AvgIpc) is 3.58. The molecule has 0 saturated heterocycles. The van der Waals surface area contributed by atoms with Gasteiger partial charge in [-0.2, -0.15) is 0 Å². The first-order valence-corrected chi connectivity index (χ1v) is 20.6. The van der Waals surface area contributed by atoms with Gasteiger partial charge < -0.3 is 9.32 Å². The van der Waals surface area contributed by atoms with E-state index < -0.39 is 0 Å². The van der Waals surface area contributed by atoms with Crippen molar-refractivity contribution in [1.29, 1.82) is 0 Å². The van der Waals surface area contributed by atoms with E-state index in [0.717, 1.165) is 38.8 Å². The smallest absolute Gasteiger partial charge is 0.136 e. The molecule has 9 rings (SSSR count). The summed E-state index contributed by atoms with van der Waals surface area (Å²) in [4.78, 5) is 2.52. The Labute approximate surface area is 332 Å². The molecule has 0 spiro atoms. The summed E-state index contributed by atoms with van der Waals surface area (Å²) in [5.41, 5.74) is 14.2. The largest absolute Gasteiger partial charge is 0.456 e. The van der Waals surface area contributed by atoms with E-state index in [-0.39, 0.29) is 10.8 Å². The van der Waals surface area contributed by atoms with E-state index in [4.69, 9.17) is 4.42 Å². The third-order valence-corrected chi connectivity index (χ3v) is 12.1. The van der Waals surface area contributed by atoms with Gasteiger partial charge in [0.2, 0.25) is 0 Å². The number of fused-ring (bicyclic) bond motifs is 4. The molecule has 1 aliphatic rings. The molecule has 0 N–H and O–H groups in total. The van der Waals surface area contributed by atoms with Crippen molar-refractivity contribution in [3.63, 3.8) is 0 Å². The molecule has 0 atom stereocenters. The summed E-state index contributed by atoms with van der Waals surface area (Å²) in [6.45, 7) is 14.0. The summed E-state index contributed by atoms with van der Waals surface area (Å²) in [6.07, 6.45) is 6.51. The van der Waals surface area contributed by atoms with E-state index in [1.54, 1.807) is 0 Å². The van der Waals surface area contributed by atoms with Gasteiger partial charge in [0.15, 0.2) is 0 Å². The van der Waals surface area contributed by atoms with Crippen LogP contribution in [0.15, 0.2) is 150 Å². The molecule has 2 heteroatoms. The lowest BCUT2D eigenvalue weighted by Gasteiger charge is -2.33. The molecule has 1 saturated carbocycles.